The van der Waals surface area contributed by atoms with Crippen molar-refractivity contribution in [2.24, 2.45) is 0 Å². The Morgan fingerprint density at radius 3 is 2.70 bits per heavy atom. The van der Waals surface area contributed by atoms with Gasteiger partial charge in [0.2, 0.25) is 5.16 Å². The minimum absolute atomic E-state index is 0.689. The predicted octanol–water partition coefficient (Wildman–Crippen LogP) is 4.73. The normalized spacial score (nSPS) is 10.7. The Labute approximate surface area is 144 Å². The molecule has 0 atom stereocenters. The number of H-pyrrole nitrogens is 1. The number of aryl methyl sites for hydroxylation is 1. The highest BCUT2D eigenvalue weighted by atomic mass is 35.5. The minimum Gasteiger partial charge on any atom is -0.496 e. The van der Waals surface area contributed by atoms with Gasteiger partial charge in [-0.2, -0.15) is 0 Å². The number of nitrogens with one attached hydrogen (secondary N) is 1. The van der Waals surface area contributed by atoms with Gasteiger partial charge in [-0.1, -0.05) is 53.2 Å². The van der Waals surface area contributed by atoms with Crippen LogP contribution in [0.1, 0.15) is 11.1 Å². The van der Waals surface area contributed by atoms with Crippen LogP contribution in [0, 0.1) is 6.92 Å². The van der Waals surface area contributed by atoms with Crippen molar-refractivity contribution in [2.75, 3.05) is 7.11 Å². The molecule has 0 bridgehead atoms. The van der Waals surface area contributed by atoms with Gasteiger partial charge in [-0.25, -0.2) is 4.98 Å². The lowest BCUT2D eigenvalue weighted by molar-refractivity contribution is 0.411. The van der Waals surface area contributed by atoms with Crippen molar-refractivity contribution in [3.63, 3.8) is 0 Å². The summed E-state index contributed by atoms with van der Waals surface area (Å²) in [5.74, 6) is 2.27. The Hall–Kier alpha value is -1.98. The van der Waals surface area contributed by atoms with Crippen LogP contribution in [0.5, 0.6) is 5.75 Å². The molecule has 23 heavy (non-hydrogen) atoms. The molecule has 0 aliphatic heterocycles. The lowest BCUT2D eigenvalue weighted by Crippen LogP contribution is -1.90. The van der Waals surface area contributed by atoms with Crippen LogP contribution < -0.4 is 4.74 Å². The van der Waals surface area contributed by atoms with Gasteiger partial charge in [0, 0.05) is 21.9 Å². The number of benzene rings is 2. The van der Waals surface area contributed by atoms with Crippen molar-refractivity contribution in [3.8, 4) is 17.1 Å². The van der Waals surface area contributed by atoms with Gasteiger partial charge in [0.1, 0.15) is 5.75 Å². The highest BCUT2D eigenvalue weighted by Crippen LogP contribution is 2.29. The van der Waals surface area contributed by atoms with E-state index in [1.807, 2.05) is 30.3 Å². The largest absolute Gasteiger partial charge is 0.496 e. The number of nitrogens with zero attached hydrogens (tertiary/aromatic N) is 2. The Morgan fingerprint density at radius 2 is 1.96 bits per heavy atom. The first kappa shape index (κ1) is 15.9. The fourth-order valence-electron chi connectivity index (χ4n) is 2.15. The molecule has 6 heteroatoms. The van der Waals surface area contributed by atoms with Crippen molar-refractivity contribution in [1.29, 1.82) is 0 Å². The van der Waals surface area contributed by atoms with E-state index in [4.69, 9.17) is 16.3 Å². The van der Waals surface area contributed by atoms with E-state index in [0.29, 0.717) is 15.9 Å². The number of aromatic amines is 1. The number of ether oxygens (including phenoxy) is 1. The molecule has 3 rings (SSSR count). The highest BCUT2D eigenvalue weighted by molar-refractivity contribution is 7.98. The van der Waals surface area contributed by atoms with Gasteiger partial charge >= 0.3 is 0 Å². The number of methoxy groups -OCH3 is 1. The fraction of sp³-hybridized carbons (Fsp3) is 0.176. The highest BCUT2D eigenvalue weighted by Gasteiger charge is 2.09. The van der Waals surface area contributed by atoms with Gasteiger partial charge in [0.15, 0.2) is 5.82 Å². The first-order valence-corrected chi connectivity index (χ1v) is 8.47. The molecule has 0 saturated heterocycles. The van der Waals surface area contributed by atoms with E-state index in [9.17, 15) is 0 Å². The summed E-state index contributed by atoms with van der Waals surface area (Å²) < 4.78 is 5.35. The van der Waals surface area contributed by atoms with Crippen LogP contribution in [0.2, 0.25) is 5.02 Å². The van der Waals surface area contributed by atoms with Crippen molar-refractivity contribution in [3.05, 3.63) is 58.6 Å². The molecule has 0 fully saturated rings. The molecule has 1 heterocycles. The second kappa shape index (κ2) is 7.06. The quantitative estimate of drug-likeness (QED) is 0.679. The molecule has 0 amide bonds. The van der Waals surface area contributed by atoms with E-state index < -0.39 is 0 Å². The minimum atomic E-state index is 0.689. The van der Waals surface area contributed by atoms with Crippen molar-refractivity contribution >= 4 is 23.4 Å². The van der Waals surface area contributed by atoms with Gasteiger partial charge in [-0.3, -0.25) is 5.10 Å². The van der Waals surface area contributed by atoms with Crippen molar-refractivity contribution < 1.29 is 4.74 Å². The molecular formula is C17H16ClN3OS. The average Bonchev–Trinajstić information content (AvgIpc) is 3.03. The standard InChI is InChI=1S/C17H16ClN3OS/c1-11-3-5-12(6-4-11)16-19-17(21-20-16)23-10-13-9-14(18)7-8-15(13)22-2/h3-9H,10H2,1-2H3,(H,19,20,21). The molecule has 0 spiro atoms. The van der Waals surface area contributed by atoms with E-state index >= 15 is 0 Å². The topological polar surface area (TPSA) is 50.8 Å². The number of thioether (sulfide) groups is 1. The molecule has 1 N–H and O–H groups in total. The third kappa shape index (κ3) is 3.86. The predicted molar refractivity (Wildman–Crippen MR) is 94.1 cm³/mol. The first-order chi connectivity index (χ1) is 11.2. The Bertz CT molecular complexity index is 802. The van der Waals surface area contributed by atoms with Gasteiger partial charge in [0.05, 0.1) is 7.11 Å². The summed E-state index contributed by atoms with van der Waals surface area (Å²) in [4.78, 5) is 4.53. The molecule has 0 saturated carbocycles. The van der Waals surface area contributed by atoms with Crippen LogP contribution >= 0.6 is 23.4 Å². The van der Waals surface area contributed by atoms with Crippen LogP contribution in [-0.2, 0) is 5.75 Å². The maximum Gasteiger partial charge on any atom is 0.209 e. The molecule has 118 valence electrons. The van der Waals surface area contributed by atoms with E-state index in [1.54, 1.807) is 7.11 Å². The van der Waals surface area contributed by atoms with Crippen LogP contribution in [0.4, 0.5) is 0 Å². The summed E-state index contributed by atoms with van der Waals surface area (Å²) in [7, 11) is 1.65. The number of halogens is 1. The van der Waals surface area contributed by atoms with E-state index in [2.05, 4.69) is 34.2 Å². The summed E-state index contributed by atoms with van der Waals surface area (Å²) in [6.45, 7) is 2.06. The number of aromatic nitrogens is 3. The molecule has 2 aromatic carbocycles. The smallest absolute Gasteiger partial charge is 0.209 e. The zero-order valence-corrected chi connectivity index (χ0v) is 14.4. The van der Waals surface area contributed by atoms with E-state index in [1.165, 1.54) is 17.3 Å². The van der Waals surface area contributed by atoms with Gasteiger partial charge in [0.25, 0.3) is 0 Å². The zero-order chi connectivity index (χ0) is 16.2. The Morgan fingerprint density at radius 1 is 1.17 bits per heavy atom. The number of rotatable bonds is 5. The van der Waals surface area contributed by atoms with E-state index in [-0.39, 0.29) is 0 Å². The summed E-state index contributed by atoms with van der Waals surface area (Å²) in [5.41, 5.74) is 3.26. The van der Waals surface area contributed by atoms with Gasteiger partial charge < -0.3 is 4.74 Å². The molecule has 4 nitrogen and oxygen atoms in total. The van der Waals surface area contributed by atoms with Crippen molar-refractivity contribution in [2.45, 2.75) is 17.8 Å². The van der Waals surface area contributed by atoms with Crippen LogP contribution in [0.3, 0.4) is 0 Å². The fourth-order valence-corrected chi connectivity index (χ4v) is 3.12. The molecule has 0 radical (unpaired) electrons. The zero-order valence-electron chi connectivity index (χ0n) is 12.8. The molecular weight excluding hydrogens is 330 g/mol. The number of hydrogen-bond donors (Lipinski definition) is 1. The van der Waals surface area contributed by atoms with Gasteiger partial charge in [-0.05, 0) is 25.1 Å². The van der Waals surface area contributed by atoms with Crippen molar-refractivity contribution in [1.82, 2.24) is 15.2 Å². The van der Waals surface area contributed by atoms with Gasteiger partial charge in [-0.15, -0.1) is 5.10 Å². The van der Waals surface area contributed by atoms with E-state index in [0.717, 1.165) is 22.7 Å². The summed E-state index contributed by atoms with van der Waals surface area (Å²) in [6.07, 6.45) is 0. The van der Waals surface area contributed by atoms with Crippen LogP contribution in [-0.4, -0.2) is 22.3 Å². The maximum atomic E-state index is 6.05. The van der Waals surface area contributed by atoms with Crippen LogP contribution in [0.25, 0.3) is 11.4 Å². The Balaban J connectivity index is 1.72. The third-order valence-corrected chi connectivity index (χ3v) is 4.52. The monoisotopic (exact) mass is 345 g/mol. The summed E-state index contributed by atoms with van der Waals surface area (Å²) in [6, 6.07) is 13.8. The third-order valence-electron chi connectivity index (χ3n) is 3.39. The second-order valence-corrected chi connectivity index (χ2v) is 6.46. The number of hydrogen-bond acceptors (Lipinski definition) is 4. The molecule has 1 aromatic heterocycles. The summed E-state index contributed by atoms with van der Waals surface area (Å²) in [5, 5.41) is 8.63. The molecule has 3 aromatic rings. The first-order valence-electron chi connectivity index (χ1n) is 7.10. The average molecular weight is 346 g/mol. The maximum absolute atomic E-state index is 6.05. The molecule has 0 aliphatic rings. The molecule has 0 unspecified atom stereocenters. The lowest BCUT2D eigenvalue weighted by Gasteiger charge is -2.07. The summed E-state index contributed by atoms with van der Waals surface area (Å²) >= 11 is 7.59. The van der Waals surface area contributed by atoms with Crippen LogP contribution in [0.15, 0.2) is 47.6 Å². The Kier molecular flexibility index (Phi) is 4.88. The second-order valence-electron chi connectivity index (χ2n) is 5.08. The SMILES string of the molecule is COc1ccc(Cl)cc1CSc1n[nH]c(-c2ccc(C)cc2)n1. The lowest BCUT2D eigenvalue weighted by atomic mass is 10.1. The molecule has 0 aliphatic carbocycles.